The number of rotatable bonds is 22. The van der Waals surface area contributed by atoms with Gasteiger partial charge in [-0.15, -0.1) is 0 Å². The van der Waals surface area contributed by atoms with Gasteiger partial charge < -0.3 is 18.7 Å². The molecule has 0 radical (unpaired) electrons. The number of fused-ring (bicyclic) bond motifs is 2. The van der Waals surface area contributed by atoms with E-state index < -0.39 is 74.7 Å². The van der Waals surface area contributed by atoms with Crippen LogP contribution >= 0.6 is 0 Å². The average Bonchev–Trinajstić information content (AvgIpc) is 4.30. The molecule has 6 aromatic rings. The van der Waals surface area contributed by atoms with Crippen LogP contribution in [0.4, 0.5) is 20.2 Å². The van der Waals surface area contributed by atoms with Gasteiger partial charge in [-0.2, -0.15) is 0 Å². The normalized spacial score (nSPS) is 13.6. The van der Waals surface area contributed by atoms with E-state index in [4.69, 9.17) is 13.9 Å². The minimum Gasteiger partial charge on any atom is -0.481 e. The molecular formula is C53H54F2N2O14S2. The Morgan fingerprint density at radius 2 is 0.973 bits per heavy atom. The summed E-state index contributed by atoms with van der Waals surface area (Å²) in [6.45, 7) is 2.49. The zero-order chi connectivity index (χ0) is 53.1. The zero-order valence-corrected chi connectivity index (χ0v) is 42.4. The Morgan fingerprint density at radius 1 is 0.603 bits per heavy atom. The fraction of sp³-hybridized carbons (Fsp3) is 0.358. The van der Waals surface area contributed by atoms with Gasteiger partial charge in [0.2, 0.25) is 20.0 Å². The van der Waals surface area contributed by atoms with Crippen LogP contribution in [0.1, 0.15) is 122 Å². The van der Waals surface area contributed by atoms with Gasteiger partial charge in [-0.25, -0.2) is 25.6 Å². The van der Waals surface area contributed by atoms with Crippen LogP contribution in [0.25, 0.3) is 44.6 Å². The minimum absolute atomic E-state index is 0.0523. The van der Waals surface area contributed by atoms with E-state index in [9.17, 15) is 54.4 Å². The first kappa shape index (κ1) is 53.7. The highest BCUT2D eigenvalue weighted by Gasteiger charge is 2.36. The van der Waals surface area contributed by atoms with E-state index in [2.05, 4.69) is 4.74 Å². The van der Waals surface area contributed by atoms with Crippen molar-refractivity contribution >= 4 is 88.4 Å². The Hall–Kier alpha value is -7.06. The molecule has 0 bridgehead atoms. The van der Waals surface area contributed by atoms with Crippen LogP contribution in [0.15, 0.2) is 81.6 Å². The number of hydrogen-bond donors (Lipinski definition) is 1. The van der Waals surface area contributed by atoms with Crippen molar-refractivity contribution in [1.82, 2.24) is 0 Å². The highest BCUT2D eigenvalue weighted by atomic mass is 32.2. The predicted molar refractivity (Wildman–Crippen MR) is 269 cm³/mol. The topological polar surface area (TPSA) is 233 Å². The Kier molecular flexibility index (Phi) is 16.2. The van der Waals surface area contributed by atoms with Crippen molar-refractivity contribution in [2.24, 2.45) is 0 Å². The SMILES string of the molecule is CCC(=O)c1c(-c2ccc(F)cc2)oc2cc(N(CC(=O)CCC(=O)O)S(C)(=O)=O)c(C3CC3)cc12.CCC(=O)c1c(-c2ccc(F)cc2)oc2cc(N(CC(=O)CCC(=O)OC)S(C)(=O)=O)c(C3CC3)cc12. The van der Waals surface area contributed by atoms with Gasteiger partial charge in [0.1, 0.15) is 34.3 Å². The molecule has 2 aliphatic rings. The van der Waals surface area contributed by atoms with Crippen LogP contribution in [0.2, 0.25) is 0 Å². The quantitative estimate of drug-likeness (QED) is 0.0492. The fourth-order valence-electron chi connectivity index (χ4n) is 8.52. The summed E-state index contributed by atoms with van der Waals surface area (Å²) in [6, 6.07) is 17.7. The molecule has 2 fully saturated rings. The van der Waals surface area contributed by atoms with Crippen molar-refractivity contribution in [2.75, 3.05) is 41.3 Å². The molecular weight excluding hydrogens is 991 g/mol. The molecule has 2 saturated carbocycles. The highest BCUT2D eigenvalue weighted by Crippen LogP contribution is 2.50. The number of nitrogens with zero attached hydrogens (tertiary/aromatic N) is 2. The van der Waals surface area contributed by atoms with Crippen LogP contribution in [-0.2, 0) is 44.0 Å². The predicted octanol–water partition coefficient (Wildman–Crippen LogP) is 9.91. The molecule has 0 unspecified atom stereocenters. The number of halogens is 2. The molecule has 0 aliphatic heterocycles. The molecule has 2 aliphatic carbocycles. The van der Waals surface area contributed by atoms with Crippen LogP contribution in [0, 0.1) is 11.6 Å². The number of aliphatic carboxylic acids is 1. The van der Waals surface area contributed by atoms with Gasteiger partial charge >= 0.3 is 11.9 Å². The maximum Gasteiger partial charge on any atom is 0.305 e. The van der Waals surface area contributed by atoms with Crippen molar-refractivity contribution in [3.63, 3.8) is 0 Å². The van der Waals surface area contributed by atoms with Crippen LogP contribution in [-0.4, -0.2) is 89.7 Å². The third-order valence-electron chi connectivity index (χ3n) is 12.6. The standard InChI is InChI=1S/C27H28FNO7S.C26H26FNO7S/c1-4-23(31)26-21-13-20(16-5-6-16)22(14-24(21)36-27(26)17-7-9-18(28)10-8-17)29(37(3,33)34)15-19(30)11-12-25(32)35-2;1-3-22(30)25-20-12-19(15-4-5-15)21(28(36(2,33)34)14-18(29)10-11-24(31)32)13-23(20)35-26(25)16-6-8-17(27)9-7-16/h7-10,13-14,16H,4-6,11-12,15H2,1-3H3;6-9,12-13,15H,3-5,10-11,14H2,1-2H3,(H,31,32). The number of benzene rings is 4. The monoisotopic (exact) mass is 1040 g/mol. The Balaban J connectivity index is 0.000000214. The second-order valence-electron chi connectivity index (χ2n) is 18.1. The van der Waals surface area contributed by atoms with E-state index in [-0.39, 0.29) is 83.9 Å². The van der Waals surface area contributed by atoms with Gasteiger partial charge in [0.15, 0.2) is 23.1 Å². The van der Waals surface area contributed by atoms with E-state index in [0.717, 1.165) is 46.8 Å². The number of Topliss-reactive ketones (excluding diaryl/α,β-unsaturated/α-hetero) is 4. The summed E-state index contributed by atoms with van der Waals surface area (Å²) in [5.74, 6) is -3.21. The summed E-state index contributed by atoms with van der Waals surface area (Å²) in [5.41, 5.74) is 4.22. The van der Waals surface area contributed by atoms with E-state index in [1.807, 2.05) is 0 Å². The fourth-order valence-corrected chi connectivity index (χ4v) is 10.3. The van der Waals surface area contributed by atoms with E-state index >= 15 is 0 Å². The molecule has 8 rings (SSSR count). The molecule has 0 amide bonds. The molecule has 20 heteroatoms. The lowest BCUT2D eigenvalue weighted by Crippen LogP contribution is -2.35. The molecule has 386 valence electrons. The van der Waals surface area contributed by atoms with Crippen LogP contribution < -0.4 is 8.61 Å². The summed E-state index contributed by atoms with van der Waals surface area (Å²) >= 11 is 0. The first-order chi connectivity index (χ1) is 34.5. The lowest BCUT2D eigenvalue weighted by atomic mass is 9.97. The van der Waals surface area contributed by atoms with Crippen molar-refractivity contribution in [1.29, 1.82) is 0 Å². The third kappa shape index (κ3) is 12.6. The lowest BCUT2D eigenvalue weighted by molar-refractivity contribution is -0.141. The number of esters is 1. The number of carbonyl (C=O) groups excluding carboxylic acids is 5. The van der Waals surface area contributed by atoms with Crippen molar-refractivity contribution in [3.8, 4) is 22.6 Å². The first-order valence-corrected chi connectivity index (χ1v) is 27.3. The third-order valence-corrected chi connectivity index (χ3v) is 14.8. The number of carbonyl (C=O) groups is 6. The van der Waals surface area contributed by atoms with Gasteiger partial charge in [-0.3, -0.25) is 37.4 Å². The van der Waals surface area contributed by atoms with Gasteiger partial charge in [0.25, 0.3) is 0 Å². The number of carboxylic acids is 1. The van der Waals surface area contributed by atoms with Crippen LogP contribution in [0.3, 0.4) is 0 Å². The van der Waals surface area contributed by atoms with Gasteiger partial charge in [0.05, 0.1) is 68.1 Å². The second kappa shape index (κ2) is 22.0. The number of ether oxygens (including phenoxy) is 1. The molecule has 2 aromatic heterocycles. The molecule has 73 heavy (non-hydrogen) atoms. The second-order valence-corrected chi connectivity index (χ2v) is 21.9. The van der Waals surface area contributed by atoms with Gasteiger partial charge in [0, 0.05) is 59.7 Å². The smallest absolute Gasteiger partial charge is 0.305 e. The largest absolute Gasteiger partial charge is 0.481 e. The van der Waals surface area contributed by atoms with E-state index in [0.29, 0.717) is 49.8 Å². The molecule has 16 nitrogen and oxygen atoms in total. The highest BCUT2D eigenvalue weighted by molar-refractivity contribution is 7.92. The zero-order valence-electron chi connectivity index (χ0n) is 40.8. The molecule has 0 saturated heterocycles. The molecule has 0 atom stereocenters. The maximum absolute atomic E-state index is 13.5. The number of anilines is 2. The average molecular weight is 1050 g/mol. The summed E-state index contributed by atoms with van der Waals surface area (Å²) < 4.78 is 97.0. The first-order valence-electron chi connectivity index (χ1n) is 23.6. The number of carboxylic acid groups (broad SMARTS) is 1. The summed E-state index contributed by atoms with van der Waals surface area (Å²) in [5, 5.41) is 9.94. The molecule has 2 heterocycles. The number of sulfonamides is 2. The van der Waals surface area contributed by atoms with Crippen molar-refractivity contribution in [2.45, 2.75) is 89.9 Å². The number of furan rings is 2. The van der Waals surface area contributed by atoms with Gasteiger partial charge in [-0.05, 0) is 109 Å². The molecule has 4 aromatic carbocycles. The molecule has 0 spiro atoms. The maximum atomic E-state index is 13.5. The summed E-state index contributed by atoms with van der Waals surface area (Å²) in [6.07, 6.45) is 4.73. The lowest BCUT2D eigenvalue weighted by Gasteiger charge is -2.24. The Bertz CT molecular complexity index is 3370. The summed E-state index contributed by atoms with van der Waals surface area (Å²) in [4.78, 5) is 73.4. The number of methoxy groups -OCH3 is 1. The number of hydrogen-bond acceptors (Lipinski definition) is 13. The Labute approximate surface area is 420 Å². The van der Waals surface area contributed by atoms with E-state index in [1.165, 1.54) is 61.7 Å². The number of ketones is 4. The van der Waals surface area contributed by atoms with E-state index in [1.54, 1.807) is 32.0 Å². The molecule has 1 N–H and O–H groups in total. The van der Waals surface area contributed by atoms with Crippen molar-refractivity contribution in [3.05, 3.63) is 107 Å². The minimum atomic E-state index is -3.91. The van der Waals surface area contributed by atoms with Crippen LogP contribution in [0.5, 0.6) is 0 Å². The Morgan fingerprint density at radius 3 is 1.29 bits per heavy atom. The van der Waals surface area contributed by atoms with Crippen molar-refractivity contribution < 1.29 is 73.1 Å². The summed E-state index contributed by atoms with van der Waals surface area (Å²) in [7, 11) is -6.59. The van der Waals surface area contributed by atoms with Gasteiger partial charge in [-0.1, -0.05) is 13.8 Å².